The maximum absolute atomic E-state index is 8.77. The predicted molar refractivity (Wildman–Crippen MR) is 68.4 cm³/mol. The van der Waals surface area contributed by atoms with Crippen LogP contribution in [0.15, 0.2) is 24.3 Å². The Hall–Kier alpha value is -1.37. The Balaban J connectivity index is 2.03. The number of hydrogen-bond donors (Lipinski definition) is 1. The molecule has 1 atom stereocenters. The van der Waals surface area contributed by atoms with Gasteiger partial charge in [-0.2, -0.15) is 5.26 Å². The zero-order valence-electron chi connectivity index (χ0n) is 10.3. The number of rotatable bonds is 2. The van der Waals surface area contributed by atoms with E-state index in [1.165, 1.54) is 5.56 Å². The number of piperidine rings is 1. The minimum atomic E-state index is 0.374. The minimum absolute atomic E-state index is 0.374. The zero-order chi connectivity index (χ0) is 12.3. The Kier molecular flexibility index (Phi) is 3.78. The molecule has 0 saturated carbocycles. The number of likely N-dealkylation sites (tertiary alicyclic amines) is 1. The Morgan fingerprint density at radius 1 is 1.29 bits per heavy atom. The molecule has 0 bridgehead atoms. The Bertz CT molecular complexity index is 396. The Morgan fingerprint density at radius 3 is 2.41 bits per heavy atom. The minimum Gasteiger partial charge on any atom is -0.328 e. The van der Waals surface area contributed by atoms with Gasteiger partial charge in [-0.05, 0) is 37.5 Å². The smallest absolute Gasteiger partial charge is 0.0991 e. The second-order valence-electron chi connectivity index (χ2n) is 4.78. The molecule has 17 heavy (non-hydrogen) atoms. The standard InChI is InChI=1S/C14H19N3/c1-11(17-8-6-14(16)7-9-17)13-4-2-12(10-15)3-5-13/h2-5,11,14H,6-9,16H2,1H3. The zero-order valence-corrected chi connectivity index (χ0v) is 10.3. The summed E-state index contributed by atoms with van der Waals surface area (Å²) in [5.74, 6) is 0. The van der Waals surface area contributed by atoms with Gasteiger partial charge in [0.05, 0.1) is 11.6 Å². The maximum atomic E-state index is 8.77. The van der Waals surface area contributed by atoms with Crippen molar-refractivity contribution in [2.75, 3.05) is 13.1 Å². The molecule has 1 aromatic rings. The fourth-order valence-corrected chi connectivity index (χ4v) is 2.35. The number of nitrogens with zero attached hydrogens (tertiary/aromatic N) is 2. The number of hydrogen-bond acceptors (Lipinski definition) is 3. The number of benzene rings is 1. The largest absolute Gasteiger partial charge is 0.328 e. The first-order chi connectivity index (χ1) is 8.20. The quantitative estimate of drug-likeness (QED) is 0.844. The van der Waals surface area contributed by atoms with E-state index in [0.717, 1.165) is 31.5 Å². The summed E-state index contributed by atoms with van der Waals surface area (Å²) >= 11 is 0. The average molecular weight is 229 g/mol. The summed E-state index contributed by atoms with van der Waals surface area (Å²) in [7, 11) is 0. The van der Waals surface area contributed by atoms with E-state index in [0.29, 0.717) is 12.1 Å². The van der Waals surface area contributed by atoms with Crippen LogP contribution in [0.1, 0.15) is 36.9 Å². The van der Waals surface area contributed by atoms with Gasteiger partial charge in [-0.15, -0.1) is 0 Å². The van der Waals surface area contributed by atoms with Crippen LogP contribution in [0.2, 0.25) is 0 Å². The molecule has 1 unspecified atom stereocenters. The van der Waals surface area contributed by atoms with Gasteiger partial charge in [-0.25, -0.2) is 0 Å². The highest BCUT2D eigenvalue weighted by molar-refractivity contribution is 5.32. The van der Waals surface area contributed by atoms with Gasteiger partial charge >= 0.3 is 0 Å². The summed E-state index contributed by atoms with van der Waals surface area (Å²) in [6, 6.07) is 10.8. The fourth-order valence-electron chi connectivity index (χ4n) is 2.35. The van der Waals surface area contributed by atoms with Crippen LogP contribution in [-0.2, 0) is 0 Å². The summed E-state index contributed by atoms with van der Waals surface area (Å²) in [5, 5.41) is 8.77. The van der Waals surface area contributed by atoms with Gasteiger partial charge < -0.3 is 5.73 Å². The lowest BCUT2D eigenvalue weighted by molar-refractivity contribution is 0.163. The molecule has 1 fully saturated rings. The van der Waals surface area contributed by atoms with Crippen LogP contribution >= 0.6 is 0 Å². The van der Waals surface area contributed by atoms with E-state index < -0.39 is 0 Å². The van der Waals surface area contributed by atoms with Gasteiger partial charge in [0.25, 0.3) is 0 Å². The van der Waals surface area contributed by atoms with Crippen molar-refractivity contribution in [2.45, 2.75) is 31.8 Å². The molecule has 0 radical (unpaired) electrons. The second-order valence-corrected chi connectivity index (χ2v) is 4.78. The van der Waals surface area contributed by atoms with Crippen LogP contribution < -0.4 is 5.73 Å². The lowest BCUT2D eigenvalue weighted by atomic mass is 10.00. The van der Waals surface area contributed by atoms with Crippen molar-refractivity contribution >= 4 is 0 Å². The molecule has 2 N–H and O–H groups in total. The van der Waals surface area contributed by atoms with Crippen LogP contribution in [0.3, 0.4) is 0 Å². The summed E-state index contributed by atoms with van der Waals surface area (Å²) in [6.45, 7) is 4.36. The van der Waals surface area contributed by atoms with Crippen molar-refractivity contribution in [3.8, 4) is 6.07 Å². The van der Waals surface area contributed by atoms with Crippen LogP contribution in [0.25, 0.3) is 0 Å². The van der Waals surface area contributed by atoms with Crippen molar-refractivity contribution in [3.05, 3.63) is 35.4 Å². The average Bonchev–Trinajstić information content (AvgIpc) is 2.39. The van der Waals surface area contributed by atoms with Crippen molar-refractivity contribution in [3.63, 3.8) is 0 Å². The van der Waals surface area contributed by atoms with E-state index in [9.17, 15) is 0 Å². The first-order valence-corrected chi connectivity index (χ1v) is 6.20. The SMILES string of the molecule is CC(c1ccc(C#N)cc1)N1CCC(N)CC1. The maximum Gasteiger partial charge on any atom is 0.0991 e. The molecular weight excluding hydrogens is 210 g/mol. The van der Waals surface area contributed by atoms with Crippen molar-refractivity contribution in [1.29, 1.82) is 5.26 Å². The molecule has 3 nitrogen and oxygen atoms in total. The summed E-state index contributed by atoms with van der Waals surface area (Å²) < 4.78 is 0. The predicted octanol–water partition coefficient (Wildman–Crippen LogP) is 2.04. The fraction of sp³-hybridized carbons (Fsp3) is 0.500. The number of nitriles is 1. The highest BCUT2D eigenvalue weighted by atomic mass is 15.2. The van der Waals surface area contributed by atoms with Crippen molar-refractivity contribution in [1.82, 2.24) is 4.90 Å². The first-order valence-electron chi connectivity index (χ1n) is 6.20. The summed E-state index contributed by atoms with van der Waals surface area (Å²) in [6.07, 6.45) is 2.17. The highest BCUT2D eigenvalue weighted by Gasteiger charge is 2.21. The van der Waals surface area contributed by atoms with Gasteiger partial charge in [-0.3, -0.25) is 4.90 Å². The van der Waals surface area contributed by atoms with Crippen molar-refractivity contribution < 1.29 is 0 Å². The molecule has 1 aromatic carbocycles. The molecule has 0 aromatic heterocycles. The van der Waals surface area contributed by atoms with E-state index in [1.807, 2.05) is 12.1 Å². The van der Waals surface area contributed by atoms with Crippen LogP contribution in [0.5, 0.6) is 0 Å². The van der Waals surface area contributed by atoms with E-state index in [4.69, 9.17) is 11.0 Å². The molecule has 1 saturated heterocycles. The molecule has 2 rings (SSSR count). The molecule has 1 aliphatic heterocycles. The van der Waals surface area contributed by atoms with Gasteiger partial charge in [-0.1, -0.05) is 12.1 Å². The van der Waals surface area contributed by atoms with Gasteiger partial charge in [0.15, 0.2) is 0 Å². The third-order valence-corrected chi connectivity index (χ3v) is 3.64. The normalized spacial score (nSPS) is 19.8. The van der Waals surface area contributed by atoms with Crippen LogP contribution in [0, 0.1) is 11.3 Å². The third kappa shape index (κ3) is 2.85. The highest BCUT2D eigenvalue weighted by Crippen LogP contribution is 2.23. The van der Waals surface area contributed by atoms with Gasteiger partial charge in [0.2, 0.25) is 0 Å². The van der Waals surface area contributed by atoms with E-state index in [1.54, 1.807) is 0 Å². The molecular formula is C14H19N3. The first kappa shape index (κ1) is 12.1. The number of nitrogens with two attached hydrogens (primary N) is 1. The second kappa shape index (κ2) is 5.31. The molecule has 0 spiro atoms. The van der Waals surface area contributed by atoms with E-state index >= 15 is 0 Å². The molecule has 0 aliphatic carbocycles. The topological polar surface area (TPSA) is 53.0 Å². The van der Waals surface area contributed by atoms with Gasteiger partial charge in [0.1, 0.15) is 0 Å². The molecule has 90 valence electrons. The van der Waals surface area contributed by atoms with Crippen LogP contribution in [-0.4, -0.2) is 24.0 Å². The lowest BCUT2D eigenvalue weighted by Gasteiger charge is -2.35. The van der Waals surface area contributed by atoms with E-state index in [-0.39, 0.29) is 0 Å². The summed E-state index contributed by atoms with van der Waals surface area (Å²) in [5.41, 5.74) is 7.91. The molecule has 3 heteroatoms. The lowest BCUT2D eigenvalue weighted by Crippen LogP contribution is -2.40. The van der Waals surface area contributed by atoms with Crippen molar-refractivity contribution in [2.24, 2.45) is 5.73 Å². The third-order valence-electron chi connectivity index (χ3n) is 3.64. The molecule has 1 heterocycles. The van der Waals surface area contributed by atoms with Gasteiger partial charge in [0, 0.05) is 25.2 Å². The van der Waals surface area contributed by atoms with Crippen LogP contribution in [0.4, 0.5) is 0 Å². The molecule has 1 aliphatic rings. The summed E-state index contributed by atoms with van der Waals surface area (Å²) in [4.78, 5) is 2.46. The Labute approximate surface area is 103 Å². The monoisotopic (exact) mass is 229 g/mol. The Morgan fingerprint density at radius 2 is 1.88 bits per heavy atom. The molecule has 0 amide bonds. The van der Waals surface area contributed by atoms with E-state index in [2.05, 4.69) is 30.0 Å².